The van der Waals surface area contributed by atoms with E-state index in [0.717, 1.165) is 17.0 Å². The van der Waals surface area contributed by atoms with E-state index in [1.54, 1.807) is 17.4 Å². The summed E-state index contributed by atoms with van der Waals surface area (Å²) in [5.41, 5.74) is -1.33. The van der Waals surface area contributed by atoms with Crippen LogP contribution in [0.3, 0.4) is 0 Å². The Hall–Kier alpha value is -1.93. The number of nitrogens with one attached hydrogen (secondary N) is 2. The Morgan fingerprint density at radius 1 is 1.27 bits per heavy atom. The molecular weight excluding hydrogens is 341 g/mol. The Kier molecular flexibility index (Phi) is 4.82. The van der Waals surface area contributed by atoms with Gasteiger partial charge in [0.1, 0.15) is 0 Å². The number of carbonyl (C=O) groups is 1. The SMILES string of the molecule is O=C(O)Nc1ccc(NCc2ccc(Cl)s2)cc1C(F)(F)F. The Morgan fingerprint density at radius 2 is 2.00 bits per heavy atom. The number of amides is 1. The zero-order chi connectivity index (χ0) is 16.3. The molecule has 1 amide bonds. The third kappa shape index (κ3) is 4.28. The molecule has 0 aliphatic heterocycles. The van der Waals surface area contributed by atoms with Crippen LogP contribution in [0.4, 0.5) is 29.3 Å². The molecule has 0 atom stereocenters. The average Bonchev–Trinajstić information content (AvgIpc) is 2.81. The molecule has 1 heterocycles. The second-order valence-electron chi connectivity index (χ2n) is 4.25. The molecular formula is C13H10ClF3N2O2S. The molecule has 1 aromatic heterocycles. The fourth-order valence-corrected chi connectivity index (χ4v) is 2.78. The van der Waals surface area contributed by atoms with Gasteiger partial charge >= 0.3 is 12.3 Å². The number of hydrogen-bond acceptors (Lipinski definition) is 3. The van der Waals surface area contributed by atoms with Crippen molar-refractivity contribution in [2.75, 3.05) is 10.6 Å². The Bertz CT molecular complexity index is 688. The highest BCUT2D eigenvalue weighted by atomic mass is 35.5. The summed E-state index contributed by atoms with van der Waals surface area (Å²) in [4.78, 5) is 11.4. The van der Waals surface area contributed by atoms with E-state index in [9.17, 15) is 18.0 Å². The van der Waals surface area contributed by atoms with Gasteiger partial charge in [-0.05, 0) is 30.3 Å². The molecule has 0 saturated heterocycles. The Labute approximate surface area is 132 Å². The highest BCUT2D eigenvalue weighted by molar-refractivity contribution is 7.16. The van der Waals surface area contributed by atoms with Crippen molar-refractivity contribution < 1.29 is 23.1 Å². The van der Waals surface area contributed by atoms with Crippen molar-refractivity contribution in [3.63, 3.8) is 0 Å². The topological polar surface area (TPSA) is 61.4 Å². The van der Waals surface area contributed by atoms with E-state index < -0.39 is 23.5 Å². The lowest BCUT2D eigenvalue weighted by atomic mass is 10.1. The highest BCUT2D eigenvalue weighted by Gasteiger charge is 2.34. The van der Waals surface area contributed by atoms with Crippen LogP contribution >= 0.6 is 22.9 Å². The lowest BCUT2D eigenvalue weighted by Gasteiger charge is -2.15. The molecule has 3 N–H and O–H groups in total. The van der Waals surface area contributed by atoms with Crippen molar-refractivity contribution in [3.8, 4) is 0 Å². The summed E-state index contributed by atoms with van der Waals surface area (Å²) in [5, 5.41) is 13.2. The van der Waals surface area contributed by atoms with Gasteiger partial charge in [0.25, 0.3) is 0 Å². The molecule has 118 valence electrons. The first kappa shape index (κ1) is 16.4. The van der Waals surface area contributed by atoms with Gasteiger partial charge in [0.2, 0.25) is 0 Å². The number of carboxylic acid groups (broad SMARTS) is 1. The van der Waals surface area contributed by atoms with E-state index >= 15 is 0 Å². The van der Waals surface area contributed by atoms with Crippen molar-refractivity contribution >= 4 is 40.4 Å². The van der Waals surface area contributed by atoms with Crippen LogP contribution in [0.15, 0.2) is 30.3 Å². The number of anilines is 2. The molecule has 9 heteroatoms. The maximum absolute atomic E-state index is 13.0. The van der Waals surface area contributed by atoms with E-state index in [4.69, 9.17) is 16.7 Å². The van der Waals surface area contributed by atoms with Crippen molar-refractivity contribution in [1.29, 1.82) is 0 Å². The molecule has 2 rings (SSSR count). The van der Waals surface area contributed by atoms with E-state index in [-0.39, 0.29) is 5.69 Å². The molecule has 0 aliphatic rings. The molecule has 1 aromatic carbocycles. The molecule has 4 nitrogen and oxygen atoms in total. The molecule has 0 unspecified atom stereocenters. The summed E-state index contributed by atoms with van der Waals surface area (Å²) >= 11 is 7.09. The molecule has 0 saturated carbocycles. The predicted molar refractivity (Wildman–Crippen MR) is 79.7 cm³/mol. The van der Waals surface area contributed by atoms with Gasteiger partial charge in [-0.1, -0.05) is 11.6 Å². The number of thiophene rings is 1. The van der Waals surface area contributed by atoms with Gasteiger partial charge in [-0.25, -0.2) is 4.79 Å². The van der Waals surface area contributed by atoms with Crippen LogP contribution in [0, 0.1) is 0 Å². The van der Waals surface area contributed by atoms with Crippen molar-refractivity contribution in [2.45, 2.75) is 12.7 Å². The first-order valence-corrected chi connectivity index (χ1v) is 7.14. The minimum atomic E-state index is -4.66. The molecule has 2 aromatic rings. The van der Waals surface area contributed by atoms with Crippen LogP contribution in [-0.4, -0.2) is 11.2 Å². The standard InChI is InChI=1S/C13H10ClF3N2O2S/c14-11-4-2-8(22-11)6-18-7-1-3-10(19-12(20)21)9(5-7)13(15,16)17/h1-5,18-19H,6H2,(H,20,21). The van der Waals surface area contributed by atoms with Crippen molar-refractivity contribution in [2.24, 2.45) is 0 Å². The number of alkyl halides is 3. The number of rotatable bonds is 4. The van der Waals surface area contributed by atoms with Crippen molar-refractivity contribution in [1.82, 2.24) is 0 Å². The fourth-order valence-electron chi connectivity index (χ4n) is 1.75. The largest absolute Gasteiger partial charge is 0.465 e. The first-order valence-electron chi connectivity index (χ1n) is 5.95. The van der Waals surface area contributed by atoms with E-state index in [1.807, 2.05) is 0 Å². The van der Waals surface area contributed by atoms with Crippen LogP contribution in [-0.2, 0) is 12.7 Å². The summed E-state index contributed by atoms with van der Waals surface area (Å²) in [6.45, 7) is 0.320. The van der Waals surface area contributed by atoms with Gasteiger partial charge in [-0.2, -0.15) is 13.2 Å². The second-order valence-corrected chi connectivity index (χ2v) is 6.05. The van der Waals surface area contributed by atoms with E-state index in [2.05, 4.69) is 5.32 Å². The Balaban J connectivity index is 2.20. The van der Waals surface area contributed by atoms with Gasteiger partial charge in [-0.15, -0.1) is 11.3 Å². The average molecular weight is 351 g/mol. The fraction of sp³-hybridized carbons (Fsp3) is 0.154. The quantitative estimate of drug-likeness (QED) is 0.717. The zero-order valence-corrected chi connectivity index (χ0v) is 12.4. The maximum Gasteiger partial charge on any atom is 0.418 e. The van der Waals surface area contributed by atoms with Gasteiger partial charge in [0.05, 0.1) is 15.6 Å². The molecule has 22 heavy (non-hydrogen) atoms. The molecule has 0 fully saturated rings. The lowest BCUT2D eigenvalue weighted by molar-refractivity contribution is -0.136. The molecule has 0 spiro atoms. The molecule has 0 radical (unpaired) electrons. The third-order valence-corrected chi connectivity index (χ3v) is 3.89. The Morgan fingerprint density at radius 3 is 2.55 bits per heavy atom. The maximum atomic E-state index is 13.0. The highest BCUT2D eigenvalue weighted by Crippen LogP contribution is 2.36. The van der Waals surface area contributed by atoms with Gasteiger partial charge < -0.3 is 10.4 Å². The lowest BCUT2D eigenvalue weighted by Crippen LogP contribution is -2.15. The van der Waals surface area contributed by atoms with Crippen LogP contribution in [0.25, 0.3) is 0 Å². The zero-order valence-electron chi connectivity index (χ0n) is 10.9. The predicted octanol–water partition coefficient (Wildman–Crippen LogP) is 5.12. The number of halogens is 4. The summed E-state index contributed by atoms with van der Waals surface area (Å²) in [6, 6.07) is 6.77. The third-order valence-electron chi connectivity index (χ3n) is 2.66. The number of benzene rings is 1. The summed E-state index contributed by atoms with van der Waals surface area (Å²) in [6.07, 6.45) is -6.22. The van der Waals surface area contributed by atoms with Crippen molar-refractivity contribution in [3.05, 3.63) is 45.1 Å². The summed E-state index contributed by atoms with van der Waals surface area (Å²) in [5.74, 6) is 0. The first-order chi connectivity index (χ1) is 10.3. The van der Waals surface area contributed by atoms with Crippen LogP contribution < -0.4 is 10.6 Å². The van der Waals surface area contributed by atoms with Crippen LogP contribution in [0.1, 0.15) is 10.4 Å². The molecule has 0 aliphatic carbocycles. The van der Waals surface area contributed by atoms with Gasteiger partial charge in [-0.3, -0.25) is 5.32 Å². The summed E-state index contributed by atoms with van der Waals surface area (Å²) in [7, 11) is 0. The van der Waals surface area contributed by atoms with Crippen LogP contribution in [0.2, 0.25) is 4.34 Å². The monoisotopic (exact) mass is 350 g/mol. The molecule has 0 bridgehead atoms. The minimum Gasteiger partial charge on any atom is -0.465 e. The second kappa shape index (κ2) is 6.45. The minimum absolute atomic E-state index is 0.229. The van der Waals surface area contributed by atoms with Gasteiger partial charge in [0, 0.05) is 17.1 Å². The van der Waals surface area contributed by atoms with Crippen LogP contribution in [0.5, 0.6) is 0 Å². The van der Waals surface area contributed by atoms with Gasteiger partial charge in [0.15, 0.2) is 0 Å². The summed E-state index contributed by atoms with van der Waals surface area (Å²) < 4.78 is 39.5. The normalized spacial score (nSPS) is 11.3. The smallest absolute Gasteiger partial charge is 0.418 e. The number of hydrogen-bond donors (Lipinski definition) is 3. The van der Waals surface area contributed by atoms with E-state index in [0.29, 0.717) is 10.9 Å². The van der Waals surface area contributed by atoms with E-state index in [1.165, 1.54) is 17.4 Å².